The highest BCUT2D eigenvalue weighted by Gasteiger charge is 2.16. The molecule has 1 heterocycles. The lowest BCUT2D eigenvalue weighted by atomic mass is 9.99. The minimum atomic E-state index is -3.79. The van der Waals surface area contributed by atoms with Gasteiger partial charge in [0, 0.05) is 18.3 Å². The lowest BCUT2D eigenvalue weighted by Crippen LogP contribution is -2.13. The maximum absolute atomic E-state index is 12.6. The molecule has 8 heteroatoms. The van der Waals surface area contributed by atoms with Gasteiger partial charge in [-0.25, -0.2) is 8.42 Å². The molecule has 27 heavy (non-hydrogen) atoms. The Morgan fingerprint density at radius 1 is 1.04 bits per heavy atom. The van der Waals surface area contributed by atoms with E-state index in [0.717, 1.165) is 0 Å². The van der Waals surface area contributed by atoms with Crippen molar-refractivity contribution in [3.8, 4) is 0 Å². The molecule has 0 radical (unpaired) electrons. The fourth-order valence-corrected chi connectivity index (χ4v) is 3.53. The van der Waals surface area contributed by atoms with E-state index >= 15 is 0 Å². The molecule has 2 aromatic carbocycles. The van der Waals surface area contributed by atoms with Gasteiger partial charge in [-0.1, -0.05) is 18.7 Å². The van der Waals surface area contributed by atoms with Gasteiger partial charge in [-0.15, -0.1) is 0 Å². The number of benzene rings is 2. The maximum atomic E-state index is 12.6. The Morgan fingerprint density at radius 3 is 2.41 bits per heavy atom. The third-order valence-corrected chi connectivity index (χ3v) is 5.21. The molecule has 0 saturated carbocycles. The SMILES string of the molecule is C=C(c1ccc([N+](=O)[O-])cc1)c1cccc(S(=O)(=O)Nc2cccnc2)c1. The van der Waals surface area contributed by atoms with Gasteiger partial charge in [-0.2, -0.15) is 0 Å². The molecule has 0 atom stereocenters. The Hall–Kier alpha value is -3.52. The lowest BCUT2D eigenvalue weighted by Gasteiger charge is -2.11. The van der Waals surface area contributed by atoms with Crippen molar-refractivity contribution in [1.82, 2.24) is 4.98 Å². The molecule has 0 amide bonds. The molecule has 3 rings (SSSR count). The molecule has 0 fully saturated rings. The van der Waals surface area contributed by atoms with Crippen LogP contribution in [0.3, 0.4) is 0 Å². The normalized spacial score (nSPS) is 11.0. The number of nitro groups is 1. The van der Waals surface area contributed by atoms with Crippen LogP contribution in [0.15, 0.2) is 84.5 Å². The van der Waals surface area contributed by atoms with Crippen molar-refractivity contribution in [3.05, 3.63) is 101 Å². The summed E-state index contributed by atoms with van der Waals surface area (Å²) in [6, 6.07) is 15.5. The smallest absolute Gasteiger partial charge is 0.269 e. The molecule has 0 aliphatic rings. The monoisotopic (exact) mass is 381 g/mol. The molecular weight excluding hydrogens is 366 g/mol. The number of sulfonamides is 1. The van der Waals surface area contributed by atoms with Gasteiger partial charge in [-0.05, 0) is 53.1 Å². The predicted octanol–water partition coefficient (Wildman–Crippen LogP) is 3.85. The summed E-state index contributed by atoms with van der Waals surface area (Å²) in [6.45, 7) is 3.98. The van der Waals surface area contributed by atoms with Crippen molar-refractivity contribution in [2.24, 2.45) is 0 Å². The van der Waals surface area contributed by atoms with E-state index in [1.54, 1.807) is 42.6 Å². The van der Waals surface area contributed by atoms with Crippen LogP contribution in [-0.2, 0) is 10.0 Å². The Labute approximate surface area is 156 Å². The Bertz CT molecular complexity index is 1100. The number of aromatic nitrogens is 1. The number of rotatable bonds is 6. The van der Waals surface area contributed by atoms with E-state index < -0.39 is 14.9 Å². The zero-order chi connectivity index (χ0) is 19.4. The molecular formula is C19H15N3O4S. The van der Waals surface area contributed by atoms with Gasteiger partial charge in [0.1, 0.15) is 0 Å². The molecule has 136 valence electrons. The molecule has 0 spiro atoms. The van der Waals surface area contributed by atoms with Crippen molar-refractivity contribution < 1.29 is 13.3 Å². The van der Waals surface area contributed by atoms with Crippen molar-refractivity contribution >= 4 is 27.0 Å². The number of nitrogens with zero attached hydrogens (tertiary/aromatic N) is 2. The van der Waals surface area contributed by atoms with Gasteiger partial charge in [0.05, 0.1) is 21.7 Å². The van der Waals surface area contributed by atoms with E-state index in [1.165, 1.54) is 30.5 Å². The van der Waals surface area contributed by atoms with Gasteiger partial charge in [-0.3, -0.25) is 19.8 Å². The standard InChI is InChI=1S/C19H15N3O4S/c1-14(15-7-9-18(10-8-15)22(23)24)16-4-2-6-19(12-16)27(25,26)21-17-5-3-11-20-13-17/h2-13,21H,1H2. The molecule has 7 nitrogen and oxygen atoms in total. The predicted molar refractivity (Wildman–Crippen MR) is 103 cm³/mol. The summed E-state index contributed by atoms with van der Waals surface area (Å²) in [4.78, 5) is 14.2. The van der Waals surface area contributed by atoms with Crippen molar-refractivity contribution in [2.45, 2.75) is 4.90 Å². The summed E-state index contributed by atoms with van der Waals surface area (Å²) >= 11 is 0. The highest BCUT2D eigenvalue weighted by atomic mass is 32.2. The quantitative estimate of drug-likeness (QED) is 0.516. The number of nitro benzene ring substituents is 1. The average molecular weight is 381 g/mol. The zero-order valence-electron chi connectivity index (χ0n) is 14.1. The van der Waals surface area contributed by atoms with Crippen LogP contribution in [0.4, 0.5) is 11.4 Å². The molecule has 0 aliphatic heterocycles. The van der Waals surface area contributed by atoms with Crippen LogP contribution in [-0.4, -0.2) is 18.3 Å². The molecule has 3 aromatic rings. The van der Waals surface area contributed by atoms with Gasteiger partial charge in [0.25, 0.3) is 15.7 Å². The molecule has 0 aliphatic carbocycles. The largest absolute Gasteiger partial charge is 0.278 e. The number of anilines is 1. The molecule has 0 saturated heterocycles. The minimum Gasteiger partial charge on any atom is -0.278 e. The second-order valence-electron chi connectivity index (χ2n) is 5.66. The third-order valence-electron chi connectivity index (χ3n) is 3.83. The van der Waals surface area contributed by atoms with Crippen LogP contribution >= 0.6 is 0 Å². The van der Waals surface area contributed by atoms with Gasteiger partial charge >= 0.3 is 0 Å². The van der Waals surface area contributed by atoms with Gasteiger partial charge in [0.2, 0.25) is 0 Å². The summed E-state index contributed by atoms with van der Waals surface area (Å²) in [6.07, 6.45) is 2.96. The fourth-order valence-electron chi connectivity index (χ4n) is 2.44. The highest BCUT2D eigenvalue weighted by molar-refractivity contribution is 7.92. The Morgan fingerprint density at radius 2 is 1.78 bits per heavy atom. The first-order valence-corrected chi connectivity index (χ1v) is 9.32. The zero-order valence-corrected chi connectivity index (χ0v) is 14.9. The van der Waals surface area contributed by atoms with Crippen molar-refractivity contribution in [2.75, 3.05) is 4.72 Å². The van der Waals surface area contributed by atoms with E-state index in [-0.39, 0.29) is 10.6 Å². The van der Waals surface area contributed by atoms with Gasteiger partial charge in [0.15, 0.2) is 0 Å². The number of non-ortho nitro benzene ring substituents is 1. The number of pyridine rings is 1. The lowest BCUT2D eigenvalue weighted by molar-refractivity contribution is -0.384. The van der Waals surface area contributed by atoms with Crippen LogP contribution in [0.2, 0.25) is 0 Å². The van der Waals surface area contributed by atoms with Crippen LogP contribution < -0.4 is 4.72 Å². The second kappa shape index (κ2) is 7.38. The molecule has 1 N–H and O–H groups in total. The molecule has 0 unspecified atom stereocenters. The molecule has 1 aromatic heterocycles. The third kappa shape index (κ3) is 4.18. The molecule has 0 bridgehead atoms. The summed E-state index contributed by atoms with van der Waals surface area (Å²) < 4.78 is 27.6. The summed E-state index contributed by atoms with van der Waals surface area (Å²) in [5.74, 6) is 0. The van der Waals surface area contributed by atoms with E-state index in [9.17, 15) is 18.5 Å². The fraction of sp³-hybridized carbons (Fsp3) is 0. The number of hydrogen-bond acceptors (Lipinski definition) is 5. The highest BCUT2D eigenvalue weighted by Crippen LogP contribution is 2.26. The first kappa shape index (κ1) is 18.3. The van der Waals surface area contributed by atoms with Crippen LogP contribution in [0, 0.1) is 10.1 Å². The van der Waals surface area contributed by atoms with Gasteiger partial charge < -0.3 is 0 Å². The van der Waals surface area contributed by atoms with Crippen LogP contribution in [0.1, 0.15) is 11.1 Å². The van der Waals surface area contributed by atoms with E-state index in [1.807, 2.05) is 0 Å². The summed E-state index contributed by atoms with van der Waals surface area (Å²) in [7, 11) is -3.79. The van der Waals surface area contributed by atoms with E-state index in [4.69, 9.17) is 0 Å². The average Bonchev–Trinajstić information content (AvgIpc) is 2.68. The van der Waals surface area contributed by atoms with Crippen LogP contribution in [0.5, 0.6) is 0 Å². The van der Waals surface area contributed by atoms with E-state index in [0.29, 0.717) is 22.4 Å². The summed E-state index contributed by atoms with van der Waals surface area (Å²) in [5, 5.41) is 10.8. The topological polar surface area (TPSA) is 102 Å². The Balaban J connectivity index is 1.88. The minimum absolute atomic E-state index is 0.0245. The maximum Gasteiger partial charge on any atom is 0.269 e. The summed E-state index contributed by atoms with van der Waals surface area (Å²) in [5.41, 5.74) is 2.15. The second-order valence-corrected chi connectivity index (χ2v) is 7.34. The van der Waals surface area contributed by atoms with E-state index in [2.05, 4.69) is 16.3 Å². The first-order chi connectivity index (χ1) is 12.9. The first-order valence-electron chi connectivity index (χ1n) is 7.84. The van der Waals surface area contributed by atoms with Crippen LogP contribution in [0.25, 0.3) is 5.57 Å². The Kier molecular flexibility index (Phi) is 5.00. The number of hydrogen-bond donors (Lipinski definition) is 1. The van der Waals surface area contributed by atoms with Crippen molar-refractivity contribution in [1.29, 1.82) is 0 Å². The number of nitrogens with one attached hydrogen (secondary N) is 1. The van der Waals surface area contributed by atoms with Crippen molar-refractivity contribution in [3.63, 3.8) is 0 Å².